The second-order valence-corrected chi connectivity index (χ2v) is 9.51. The Hall–Kier alpha value is -2.37. The number of rotatable bonds is 6. The van der Waals surface area contributed by atoms with Crippen LogP contribution in [0.5, 0.6) is 5.75 Å². The molecule has 178 valence electrons. The van der Waals surface area contributed by atoms with Gasteiger partial charge in [-0.2, -0.15) is 0 Å². The van der Waals surface area contributed by atoms with E-state index in [4.69, 9.17) is 0 Å². The first kappa shape index (κ1) is 23.8. The molecule has 2 aliphatic rings. The van der Waals surface area contributed by atoms with Crippen molar-refractivity contribution in [1.82, 2.24) is 0 Å². The van der Waals surface area contributed by atoms with E-state index in [1.165, 1.54) is 49.9 Å². The summed E-state index contributed by atoms with van der Waals surface area (Å²) in [6.45, 7) is 3.82. The molecule has 0 radical (unpaired) electrons. The maximum Gasteiger partial charge on any atom is 0.573 e. The van der Waals surface area contributed by atoms with E-state index < -0.39 is 23.7 Å². The molecule has 33 heavy (non-hydrogen) atoms. The van der Waals surface area contributed by atoms with E-state index in [1.807, 2.05) is 6.08 Å². The van der Waals surface area contributed by atoms with Gasteiger partial charge in [-0.05, 0) is 104 Å². The molecule has 6 heteroatoms. The van der Waals surface area contributed by atoms with Crippen LogP contribution in [-0.4, -0.2) is 6.36 Å². The molecule has 0 aromatic heterocycles. The normalized spacial score (nSPS) is 25.4. The molecule has 1 nitrogen and oxygen atoms in total. The molecule has 2 fully saturated rings. The van der Waals surface area contributed by atoms with Crippen molar-refractivity contribution >= 4 is 0 Å². The Morgan fingerprint density at radius 2 is 1.55 bits per heavy atom. The molecule has 0 heterocycles. The van der Waals surface area contributed by atoms with Gasteiger partial charge in [0.25, 0.3) is 0 Å². The highest BCUT2D eigenvalue weighted by Crippen LogP contribution is 2.48. The van der Waals surface area contributed by atoms with Gasteiger partial charge in [0, 0.05) is 0 Å². The van der Waals surface area contributed by atoms with Gasteiger partial charge in [-0.15, -0.1) is 19.8 Å². The van der Waals surface area contributed by atoms with Crippen molar-refractivity contribution in [2.24, 2.45) is 17.8 Å². The summed E-state index contributed by atoms with van der Waals surface area (Å²) in [4.78, 5) is 0. The highest BCUT2D eigenvalue weighted by Gasteiger charge is 2.36. The zero-order chi connectivity index (χ0) is 23.6. The summed E-state index contributed by atoms with van der Waals surface area (Å²) in [5.74, 6) is 0.403. The number of halogens is 5. The maximum atomic E-state index is 15.0. The second-order valence-electron chi connectivity index (χ2n) is 9.51. The van der Waals surface area contributed by atoms with E-state index >= 15 is 0 Å². The van der Waals surface area contributed by atoms with Gasteiger partial charge in [0.2, 0.25) is 0 Å². The van der Waals surface area contributed by atoms with Crippen LogP contribution in [0.2, 0.25) is 0 Å². The Morgan fingerprint density at radius 1 is 0.909 bits per heavy atom. The lowest BCUT2D eigenvalue weighted by atomic mass is 9.63. The van der Waals surface area contributed by atoms with Crippen LogP contribution in [0.15, 0.2) is 49.1 Å². The molecular weight excluding hydrogens is 435 g/mol. The molecular formula is C27H29F5O. The number of allylic oxidation sites excluding steroid dienone is 1. The number of hydrogen-bond acceptors (Lipinski definition) is 1. The molecule has 0 aliphatic heterocycles. The van der Waals surface area contributed by atoms with E-state index in [2.05, 4.69) is 11.3 Å². The minimum atomic E-state index is -4.82. The number of fused-ring (bicyclic) bond motifs is 1. The summed E-state index contributed by atoms with van der Waals surface area (Å²) < 4.78 is 70.8. The smallest absolute Gasteiger partial charge is 0.406 e. The Bertz CT molecular complexity index is 942. The molecule has 4 atom stereocenters. The number of ether oxygens (including phenoxy) is 1. The Labute approximate surface area is 191 Å². The van der Waals surface area contributed by atoms with Crippen molar-refractivity contribution in [3.05, 3.63) is 66.3 Å². The van der Waals surface area contributed by atoms with E-state index in [1.54, 1.807) is 0 Å². The first-order valence-electron chi connectivity index (χ1n) is 11.7. The van der Waals surface area contributed by atoms with Crippen LogP contribution in [0.3, 0.4) is 0 Å². The third kappa shape index (κ3) is 5.77. The molecule has 2 saturated carbocycles. The Balaban J connectivity index is 1.45. The molecule has 2 aromatic carbocycles. The number of benzene rings is 2. The lowest BCUT2D eigenvalue weighted by Gasteiger charge is -2.42. The Morgan fingerprint density at radius 3 is 2.18 bits per heavy atom. The van der Waals surface area contributed by atoms with Gasteiger partial charge in [0.15, 0.2) is 0 Å². The largest absolute Gasteiger partial charge is 0.573 e. The van der Waals surface area contributed by atoms with Gasteiger partial charge in [-0.3, -0.25) is 0 Å². The topological polar surface area (TPSA) is 9.23 Å². The molecule has 0 bridgehead atoms. The van der Waals surface area contributed by atoms with Crippen molar-refractivity contribution in [1.29, 1.82) is 0 Å². The zero-order valence-corrected chi connectivity index (χ0v) is 18.5. The molecule has 4 unspecified atom stereocenters. The monoisotopic (exact) mass is 464 g/mol. The molecule has 0 spiro atoms. The molecule has 2 aromatic rings. The maximum absolute atomic E-state index is 15.0. The minimum Gasteiger partial charge on any atom is -0.406 e. The van der Waals surface area contributed by atoms with Gasteiger partial charge in [0.1, 0.15) is 17.4 Å². The van der Waals surface area contributed by atoms with Crippen LogP contribution < -0.4 is 4.74 Å². The van der Waals surface area contributed by atoms with Gasteiger partial charge in [0.05, 0.1) is 5.56 Å². The molecule has 2 aliphatic carbocycles. The fraction of sp³-hybridized carbons (Fsp3) is 0.481. The summed E-state index contributed by atoms with van der Waals surface area (Å²) >= 11 is 0. The van der Waals surface area contributed by atoms with Crippen molar-refractivity contribution in [3.63, 3.8) is 0 Å². The van der Waals surface area contributed by atoms with Gasteiger partial charge in [-0.1, -0.05) is 24.6 Å². The average Bonchev–Trinajstić information content (AvgIpc) is 2.77. The lowest BCUT2D eigenvalue weighted by Crippen LogP contribution is -2.30. The number of alkyl halides is 3. The van der Waals surface area contributed by atoms with Crippen molar-refractivity contribution < 1.29 is 26.7 Å². The van der Waals surface area contributed by atoms with Crippen molar-refractivity contribution in [2.45, 2.75) is 63.6 Å². The summed E-state index contributed by atoms with van der Waals surface area (Å²) in [6.07, 6.45) is 6.06. The van der Waals surface area contributed by atoms with E-state index in [9.17, 15) is 22.0 Å². The lowest BCUT2D eigenvalue weighted by molar-refractivity contribution is -0.274. The SMILES string of the molecule is C=CCCC1CCC2CC(c3cc(F)c(-c4ccc(OC(F)(F)F)cc4)c(F)c3)CCC2C1. The van der Waals surface area contributed by atoms with Gasteiger partial charge >= 0.3 is 6.36 Å². The average molecular weight is 465 g/mol. The Kier molecular flexibility index (Phi) is 7.10. The van der Waals surface area contributed by atoms with Crippen molar-refractivity contribution in [2.75, 3.05) is 0 Å². The van der Waals surface area contributed by atoms with E-state index in [-0.39, 0.29) is 17.0 Å². The predicted octanol–water partition coefficient (Wildman–Crippen LogP) is 8.80. The number of hydrogen-bond donors (Lipinski definition) is 0. The summed E-state index contributed by atoms with van der Waals surface area (Å²) in [5, 5.41) is 0. The van der Waals surface area contributed by atoms with Gasteiger partial charge < -0.3 is 4.74 Å². The first-order valence-corrected chi connectivity index (χ1v) is 11.7. The highest BCUT2D eigenvalue weighted by atomic mass is 19.4. The standard InChI is InChI=1S/C27H29F5O/c1-2-3-4-17-5-6-20-14-21(8-7-19(20)13-17)22-15-24(28)26(25(29)16-22)18-9-11-23(12-10-18)33-27(30,31)32/h2,9-12,15-17,19-21H,1,3-8,13-14H2. The predicted molar refractivity (Wildman–Crippen MR) is 119 cm³/mol. The van der Waals surface area contributed by atoms with Crippen LogP contribution in [-0.2, 0) is 0 Å². The van der Waals surface area contributed by atoms with Crippen LogP contribution >= 0.6 is 0 Å². The highest BCUT2D eigenvalue weighted by molar-refractivity contribution is 5.66. The fourth-order valence-electron chi connectivity index (χ4n) is 5.83. The van der Waals surface area contributed by atoms with E-state index in [0.29, 0.717) is 17.4 Å². The summed E-state index contributed by atoms with van der Waals surface area (Å²) in [5.41, 5.74) is 0.624. The molecule has 0 saturated heterocycles. The first-order chi connectivity index (χ1) is 15.7. The summed E-state index contributed by atoms with van der Waals surface area (Å²) in [7, 11) is 0. The molecule has 0 amide bonds. The van der Waals surface area contributed by atoms with Gasteiger partial charge in [-0.25, -0.2) is 8.78 Å². The van der Waals surface area contributed by atoms with E-state index in [0.717, 1.165) is 43.7 Å². The van der Waals surface area contributed by atoms with Crippen LogP contribution in [0.1, 0.15) is 62.8 Å². The molecule has 0 N–H and O–H groups in total. The fourth-order valence-corrected chi connectivity index (χ4v) is 5.83. The third-order valence-electron chi connectivity index (χ3n) is 7.41. The second kappa shape index (κ2) is 9.86. The molecule has 4 rings (SSSR count). The van der Waals surface area contributed by atoms with Crippen molar-refractivity contribution in [3.8, 4) is 16.9 Å². The van der Waals surface area contributed by atoms with Crippen LogP contribution in [0.25, 0.3) is 11.1 Å². The zero-order valence-electron chi connectivity index (χ0n) is 18.5. The summed E-state index contributed by atoms with van der Waals surface area (Å²) in [6, 6.07) is 7.39. The quantitative estimate of drug-likeness (QED) is 0.307. The minimum absolute atomic E-state index is 0.136. The van der Waals surface area contributed by atoms with Crippen LogP contribution in [0, 0.1) is 29.4 Å². The van der Waals surface area contributed by atoms with Crippen LogP contribution in [0.4, 0.5) is 22.0 Å². The third-order valence-corrected chi connectivity index (χ3v) is 7.41.